The van der Waals surface area contributed by atoms with Gasteiger partial charge in [-0.1, -0.05) is 6.07 Å². The second kappa shape index (κ2) is 5.24. The van der Waals surface area contributed by atoms with Crippen molar-refractivity contribution in [3.8, 4) is 0 Å². The zero-order valence-corrected chi connectivity index (χ0v) is 10.6. The molecule has 2 aromatic rings. The first-order chi connectivity index (χ1) is 9.34. The van der Waals surface area contributed by atoms with E-state index in [0.29, 0.717) is 0 Å². The van der Waals surface area contributed by atoms with Gasteiger partial charge < -0.3 is 14.6 Å². The van der Waals surface area contributed by atoms with Crippen LogP contribution in [0, 0.1) is 0 Å². The molecule has 3 heterocycles. The summed E-state index contributed by atoms with van der Waals surface area (Å²) in [4.78, 5) is 18.2. The highest BCUT2D eigenvalue weighted by molar-refractivity contribution is 5.91. The predicted octanol–water partition coefficient (Wildman–Crippen LogP) is 0.779. The van der Waals surface area contributed by atoms with E-state index in [-0.39, 0.29) is 5.91 Å². The van der Waals surface area contributed by atoms with Crippen LogP contribution >= 0.6 is 0 Å². The lowest BCUT2D eigenvalue weighted by Crippen LogP contribution is -2.45. The van der Waals surface area contributed by atoms with Gasteiger partial charge in [0.05, 0.1) is 11.9 Å². The third-order valence-corrected chi connectivity index (χ3v) is 3.27. The monoisotopic (exact) mass is 256 g/mol. The summed E-state index contributed by atoms with van der Waals surface area (Å²) in [5.41, 5.74) is 1.80. The van der Waals surface area contributed by atoms with Crippen molar-refractivity contribution >= 4 is 17.6 Å². The van der Waals surface area contributed by atoms with Crippen molar-refractivity contribution in [3.63, 3.8) is 0 Å². The van der Waals surface area contributed by atoms with Crippen LogP contribution in [0.3, 0.4) is 0 Å². The maximum Gasteiger partial charge on any atom is 0.246 e. The summed E-state index contributed by atoms with van der Waals surface area (Å²) < 4.78 is 1.96. The van der Waals surface area contributed by atoms with Crippen LogP contribution in [-0.2, 0) is 4.79 Å². The van der Waals surface area contributed by atoms with E-state index in [1.807, 2.05) is 39.8 Å². The van der Waals surface area contributed by atoms with E-state index in [1.54, 1.807) is 12.3 Å². The average molecular weight is 256 g/mol. The maximum absolute atomic E-state index is 12.0. The van der Waals surface area contributed by atoms with Crippen LogP contribution in [0.25, 0.3) is 11.7 Å². The molecule has 5 heteroatoms. The van der Waals surface area contributed by atoms with Gasteiger partial charge in [-0.05, 0) is 18.2 Å². The Labute approximate surface area is 111 Å². The molecule has 5 nitrogen and oxygen atoms in total. The zero-order valence-electron chi connectivity index (χ0n) is 10.6. The van der Waals surface area contributed by atoms with Crippen molar-refractivity contribution in [2.45, 2.75) is 0 Å². The van der Waals surface area contributed by atoms with Gasteiger partial charge in [-0.2, -0.15) is 0 Å². The SMILES string of the molecule is O=C(/C=C/c1cnc2ccccn12)N1CCNCC1. The Bertz CT molecular complexity index is 611. The summed E-state index contributed by atoms with van der Waals surface area (Å²) in [6.45, 7) is 3.29. The fourth-order valence-electron chi connectivity index (χ4n) is 2.22. The van der Waals surface area contributed by atoms with Gasteiger partial charge in [0.25, 0.3) is 0 Å². The van der Waals surface area contributed by atoms with E-state index >= 15 is 0 Å². The van der Waals surface area contributed by atoms with Crippen LogP contribution in [0.4, 0.5) is 0 Å². The first-order valence-electron chi connectivity index (χ1n) is 6.44. The van der Waals surface area contributed by atoms with Crippen LogP contribution in [0.2, 0.25) is 0 Å². The van der Waals surface area contributed by atoms with Gasteiger partial charge in [0.1, 0.15) is 5.65 Å². The number of piperazine rings is 1. The fourth-order valence-corrected chi connectivity index (χ4v) is 2.22. The lowest BCUT2D eigenvalue weighted by molar-refractivity contribution is -0.126. The number of amides is 1. The second-order valence-corrected chi connectivity index (χ2v) is 4.52. The first-order valence-corrected chi connectivity index (χ1v) is 6.44. The van der Waals surface area contributed by atoms with Crippen LogP contribution in [0.1, 0.15) is 5.69 Å². The molecule has 1 amide bonds. The Kier molecular flexibility index (Phi) is 3.29. The number of hydrogen-bond donors (Lipinski definition) is 1. The Morgan fingerprint density at radius 2 is 2.16 bits per heavy atom. The standard InChI is InChI=1S/C14H16N4O/c19-14(17-9-6-15-7-10-17)5-4-12-11-16-13-3-1-2-8-18(12)13/h1-5,8,11,15H,6-7,9-10H2/b5-4+. The van der Waals surface area contributed by atoms with Gasteiger partial charge >= 0.3 is 0 Å². The van der Waals surface area contributed by atoms with Crippen molar-refractivity contribution in [3.05, 3.63) is 42.4 Å². The van der Waals surface area contributed by atoms with Gasteiger partial charge in [-0.15, -0.1) is 0 Å². The summed E-state index contributed by atoms with van der Waals surface area (Å²) in [5.74, 6) is 0.0624. The Morgan fingerprint density at radius 1 is 1.32 bits per heavy atom. The Morgan fingerprint density at radius 3 is 3.00 bits per heavy atom. The molecule has 1 aliphatic rings. The number of carbonyl (C=O) groups is 1. The molecule has 19 heavy (non-hydrogen) atoms. The van der Waals surface area contributed by atoms with Gasteiger partial charge in [-0.25, -0.2) is 4.98 Å². The molecule has 0 atom stereocenters. The molecule has 1 N–H and O–H groups in total. The molecule has 1 saturated heterocycles. The van der Waals surface area contributed by atoms with E-state index in [9.17, 15) is 4.79 Å². The summed E-state index contributed by atoms with van der Waals surface area (Å²) in [6.07, 6.45) is 7.17. The molecule has 0 bridgehead atoms. The fraction of sp³-hybridized carbons (Fsp3) is 0.286. The van der Waals surface area contributed by atoms with Gasteiger partial charge in [-0.3, -0.25) is 4.79 Å². The number of carbonyl (C=O) groups excluding carboxylic acids is 1. The van der Waals surface area contributed by atoms with Crippen molar-refractivity contribution < 1.29 is 4.79 Å². The highest BCUT2D eigenvalue weighted by atomic mass is 16.2. The van der Waals surface area contributed by atoms with E-state index in [4.69, 9.17) is 0 Å². The number of nitrogens with zero attached hydrogens (tertiary/aromatic N) is 3. The molecule has 1 aliphatic heterocycles. The molecule has 0 unspecified atom stereocenters. The highest BCUT2D eigenvalue weighted by Crippen LogP contribution is 2.08. The largest absolute Gasteiger partial charge is 0.337 e. The third-order valence-electron chi connectivity index (χ3n) is 3.27. The quantitative estimate of drug-likeness (QED) is 0.808. The number of hydrogen-bond acceptors (Lipinski definition) is 3. The van der Waals surface area contributed by atoms with Crippen molar-refractivity contribution in [2.24, 2.45) is 0 Å². The molecule has 0 radical (unpaired) electrons. The van der Waals surface area contributed by atoms with Crippen molar-refractivity contribution in [1.29, 1.82) is 0 Å². The smallest absolute Gasteiger partial charge is 0.246 e. The van der Waals surface area contributed by atoms with E-state index < -0.39 is 0 Å². The zero-order chi connectivity index (χ0) is 13.1. The maximum atomic E-state index is 12.0. The average Bonchev–Trinajstić information content (AvgIpc) is 2.89. The molecule has 0 aliphatic carbocycles. The highest BCUT2D eigenvalue weighted by Gasteiger charge is 2.13. The molecular formula is C14H16N4O. The first kappa shape index (κ1) is 11.9. The number of rotatable bonds is 2. The summed E-state index contributed by atoms with van der Waals surface area (Å²) in [5, 5.41) is 3.23. The van der Waals surface area contributed by atoms with Crippen LogP contribution in [0.15, 0.2) is 36.7 Å². The number of fused-ring (bicyclic) bond motifs is 1. The molecule has 0 spiro atoms. The van der Waals surface area contributed by atoms with Gasteiger partial charge in [0.2, 0.25) is 5.91 Å². The molecule has 3 rings (SSSR count). The molecule has 1 fully saturated rings. The predicted molar refractivity (Wildman–Crippen MR) is 73.7 cm³/mol. The number of nitrogens with one attached hydrogen (secondary N) is 1. The third kappa shape index (κ3) is 2.51. The summed E-state index contributed by atoms with van der Waals surface area (Å²) in [7, 11) is 0. The minimum absolute atomic E-state index is 0.0624. The minimum Gasteiger partial charge on any atom is -0.337 e. The Balaban J connectivity index is 1.76. The van der Waals surface area contributed by atoms with Crippen molar-refractivity contribution in [1.82, 2.24) is 19.6 Å². The van der Waals surface area contributed by atoms with E-state index in [2.05, 4.69) is 10.3 Å². The van der Waals surface area contributed by atoms with E-state index in [0.717, 1.165) is 37.5 Å². The number of pyridine rings is 1. The lowest BCUT2D eigenvalue weighted by atomic mass is 10.3. The van der Waals surface area contributed by atoms with Gasteiger partial charge in [0.15, 0.2) is 0 Å². The van der Waals surface area contributed by atoms with Gasteiger partial charge in [0, 0.05) is 38.5 Å². The summed E-state index contributed by atoms with van der Waals surface area (Å²) >= 11 is 0. The van der Waals surface area contributed by atoms with Crippen LogP contribution in [0.5, 0.6) is 0 Å². The Hall–Kier alpha value is -2.14. The van der Waals surface area contributed by atoms with Crippen LogP contribution < -0.4 is 5.32 Å². The molecule has 98 valence electrons. The topological polar surface area (TPSA) is 49.6 Å². The lowest BCUT2D eigenvalue weighted by Gasteiger charge is -2.26. The second-order valence-electron chi connectivity index (χ2n) is 4.52. The normalized spacial score (nSPS) is 16.3. The van der Waals surface area contributed by atoms with E-state index in [1.165, 1.54) is 0 Å². The van der Waals surface area contributed by atoms with Crippen molar-refractivity contribution in [2.75, 3.05) is 26.2 Å². The van der Waals surface area contributed by atoms with Crippen LogP contribution in [-0.4, -0.2) is 46.4 Å². The molecule has 0 saturated carbocycles. The number of imidazole rings is 1. The summed E-state index contributed by atoms with van der Waals surface area (Å²) in [6, 6.07) is 5.83. The molecule has 2 aromatic heterocycles. The number of aromatic nitrogens is 2. The molecule has 0 aromatic carbocycles. The minimum atomic E-state index is 0.0624. The molecular weight excluding hydrogens is 240 g/mol.